The van der Waals surface area contributed by atoms with Gasteiger partial charge in [-0.3, -0.25) is 0 Å². The van der Waals surface area contributed by atoms with Gasteiger partial charge >= 0.3 is 6.03 Å². The minimum atomic E-state index is -0.717. The number of rotatable bonds is 5. The Morgan fingerprint density at radius 2 is 1.56 bits per heavy atom. The van der Waals surface area contributed by atoms with Crippen molar-refractivity contribution in [1.29, 1.82) is 0 Å². The summed E-state index contributed by atoms with van der Waals surface area (Å²) in [6.07, 6.45) is 1.46. The van der Waals surface area contributed by atoms with E-state index < -0.39 is 12.1 Å². The molecule has 32 heavy (non-hydrogen) atoms. The number of hydrazone groups is 1. The van der Waals surface area contributed by atoms with Crippen molar-refractivity contribution in [3.63, 3.8) is 0 Å². The van der Waals surface area contributed by atoms with Crippen molar-refractivity contribution in [3.05, 3.63) is 112 Å². The molecule has 0 radical (unpaired) electrons. The molecule has 0 aliphatic rings. The zero-order valence-corrected chi connectivity index (χ0v) is 18.3. The van der Waals surface area contributed by atoms with Crippen LogP contribution in [-0.4, -0.2) is 17.4 Å². The Labute approximate surface area is 195 Å². The number of halogens is 2. The van der Waals surface area contributed by atoms with Crippen molar-refractivity contribution in [1.82, 2.24) is 10.7 Å². The van der Waals surface area contributed by atoms with Crippen molar-refractivity contribution in [2.24, 2.45) is 5.10 Å². The summed E-state index contributed by atoms with van der Waals surface area (Å²) in [7, 11) is 0. The van der Waals surface area contributed by atoms with E-state index in [4.69, 9.17) is 23.2 Å². The van der Waals surface area contributed by atoms with Crippen LogP contribution in [0.4, 0.5) is 4.79 Å². The SMILES string of the molecule is O=C(N/N=C/c1ccccc1Cl)NC(c1ccccc1Cl)c1c(O)ccc2ccccc12. The van der Waals surface area contributed by atoms with Crippen LogP contribution >= 0.6 is 23.2 Å². The van der Waals surface area contributed by atoms with E-state index >= 15 is 0 Å². The normalized spacial score (nSPS) is 12.1. The molecular weight excluding hydrogens is 445 g/mol. The Morgan fingerprint density at radius 1 is 0.875 bits per heavy atom. The number of carbonyl (C=O) groups is 1. The van der Waals surface area contributed by atoms with E-state index in [1.54, 1.807) is 30.3 Å². The number of hydrogen-bond donors (Lipinski definition) is 3. The van der Waals surface area contributed by atoms with Crippen LogP contribution in [0.3, 0.4) is 0 Å². The van der Waals surface area contributed by atoms with Gasteiger partial charge in [0.25, 0.3) is 0 Å². The van der Waals surface area contributed by atoms with Gasteiger partial charge in [-0.15, -0.1) is 0 Å². The van der Waals surface area contributed by atoms with Crippen LogP contribution in [-0.2, 0) is 0 Å². The van der Waals surface area contributed by atoms with Crippen LogP contribution in [0, 0.1) is 0 Å². The quantitative estimate of drug-likeness (QED) is 0.240. The second-order valence-electron chi connectivity index (χ2n) is 7.04. The molecule has 0 spiro atoms. The summed E-state index contributed by atoms with van der Waals surface area (Å²) in [5.74, 6) is 0.0495. The molecule has 0 aliphatic heterocycles. The Kier molecular flexibility index (Phi) is 6.59. The van der Waals surface area contributed by atoms with Crippen LogP contribution in [0.15, 0.2) is 90.0 Å². The summed E-state index contributed by atoms with van der Waals surface area (Å²) in [5.41, 5.74) is 4.31. The Bertz CT molecular complexity index is 1310. The maximum atomic E-state index is 12.7. The minimum Gasteiger partial charge on any atom is -0.508 e. The smallest absolute Gasteiger partial charge is 0.335 e. The van der Waals surface area contributed by atoms with Gasteiger partial charge in [0.2, 0.25) is 0 Å². The van der Waals surface area contributed by atoms with Crippen LogP contribution < -0.4 is 10.7 Å². The first-order valence-electron chi connectivity index (χ1n) is 9.83. The van der Waals surface area contributed by atoms with Gasteiger partial charge in [0.15, 0.2) is 0 Å². The van der Waals surface area contributed by atoms with Crippen LogP contribution in [0.2, 0.25) is 10.0 Å². The summed E-state index contributed by atoms with van der Waals surface area (Å²) < 4.78 is 0. The number of nitrogens with one attached hydrogen (secondary N) is 2. The number of nitrogens with zero attached hydrogens (tertiary/aromatic N) is 1. The van der Waals surface area contributed by atoms with E-state index in [-0.39, 0.29) is 5.75 Å². The van der Waals surface area contributed by atoms with Crippen molar-refractivity contribution in [2.45, 2.75) is 6.04 Å². The molecule has 160 valence electrons. The first-order chi connectivity index (χ1) is 15.5. The number of phenolic OH excluding ortho intramolecular Hbond substituents is 1. The molecule has 0 heterocycles. The number of benzene rings is 4. The molecule has 0 bridgehead atoms. The van der Waals surface area contributed by atoms with E-state index in [1.807, 2.05) is 54.6 Å². The Balaban J connectivity index is 1.68. The molecule has 7 heteroatoms. The molecule has 4 aromatic carbocycles. The number of phenols is 1. The lowest BCUT2D eigenvalue weighted by atomic mass is 9.92. The van der Waals surface area contributed by atoms with Crippen LogP contribution in [0.25, 0.3) is 10.8 Å². The Morgan fingerprint density at radius 3 is 2.34 bits per heavy atom. The average Bonchev–Trinajstić information content (AvgIpc) is 2.80. The molecular formula is C25H19Cl2N3O2. The van der Waals surface area contributed by atoms with Crippen LogP contribution in [0.1, 0.15) is 22.7 Å². The summed E-state index contributed by atoms with van der Waals surface area (Å²) >= 11 is 12.6. The van der Waals surface area contributed by atoms with E-state index in [2.05, 4.69) is 15.8 Å². The molecule has 0 aliphatic carbocycles. The third-order valence-electron chi connectivity index (χ3n) is 5.00. The van der Waals surface area contributed by atoms with Gasteiger partial charge in [0.1, 0.15) is 5.75 Å². The third-order valence-corrected chi connectivity index (χ3v) is 5.69. The highest BCUT2D eigenvalue weighted by Gasteiger charge is 2.24. The largest absolute Gasteiger partial charge is 0.508 e. The number of amides is 2. The summed E-state index contributed by atoms with van der Waals surface area (Å²) in [6.45, 7) is 0. The molecule has 0 aromatic heterocycles. The van der Waals surface area contributed by atoms with Crippen molar-refractivity contribution >= 4 is 46.2 Å². The zero-order chi connectivity index (χ0) is 22.5. The minimum absolute atomic E-state index is 0.0495. The monoisotopic (exact) mass is 463 g/mol. The van der Waals surface area contributed by atoms with Gasteiger partial charge in [-0.1, -0.05) is 89.9 Å². The summed E-state index contributed by atoms with van der Waals surface area (Å²) in [6, 6.07) is 24.1. The molecule has 1 unspecified atom stereocenters. The molecule has 0 fully saturated rings. The predicted octanol–water partition coefficient (Wildman–Crippen LogP) is 6.27. The molecule has 4 rings (SSSR count). The van der Waals surface area contributed by atoms with Gasteiger partial charge in [-0.25, -0.2) is 10.2 Å². The number of carbonyl (C=O) groups excluding carboxylic acids is 1. The highest BCUT2D eigenvalue weighted by atomic mass is 35.5. The second kappa shape index (κ2) is 9.73. The summed E-state index contributed by atoms with van der Waals surface area (Å²) in [5, 5.41) is 20.3. The number of aromatic hydroxyl groups is 1. The lowest BCUT2D eigenvalue weighted by Crippen LogP contribution is -2.36. The second-order valence-corrected chi connectivity index (χ2v) is 7.85. The van der Waals surface area contributed by atoms with E-state index in [1.165, 1.54) is 6.21 Å². The fourth-order valence-corrected chi connectivity index (χ4v) is 3.94. The number of urea groups is 1. The lowest BCUT2D eigenvalue weighted by molar-refractivity contribution is 0.239. The lowest BCUT2D eigenvalue weighted by Gasteiger charge is -2.23. The zero-order valence-electron chi connectivity index (χ0n) is 16.8. The fraction of sp³-hybridized carbons (Fsp3) is 0.0400. The number of fused-ring (bicyclic) bond motifs is 1. The molecule has 0 saturated heterocycles. The predicted molar refractivity (Wildman–Crippen MR) is 130 cm³/mol. The van der Waals surface area contributed by atoms with Crippen molar-refractivity contribution < 1.29 is 9.90 Å². The molecule has 3 N–H and O–H groups in total. The van der Waals surface area contributed by atoms with Crippen molar-refractivity contribution in [3.8, 4) is 5.75 Å². The molecule has 2 amide bonds. The highest BCUT2D eigenvalue weighted by molar-refractivity contribution is 6.33. The van der Waals surface area contributed by atoms with Gasteiger partial charge < -0.3 is 10.4 Å². The molecule has 5 nitrogen and oxygen atoms in total. The molecule has 1 atom stereocenters. The fourth-order valence-electron chi connectivity index (χ4n) is 3.51. The third kappa shape index (κ3) is 4.69. The van der Waals surface area contributed by atoms with Gasteiger partial charge in [0, 0.05) is 21.2 Å². The first kappa shape index (κ1) is 21.7. The highest BCUT2D eigenvalue weighted by Crippen LogP contribution is 2.37. The topological polar surface area (TPSA) is 73.7 Å². The van der Waals surface area contributed by atoms with Crippen LogP contribution in [0.5, 0.6) is 5.75 Å². The van der Waals surface area contributed by atoms with Gasteiger partial charge in [0.05, 0.1) is 12.3 Å². The maximum Gasteiger partial charge on any atom is 0.335 e. The standard InChI is InChI=1S/C25H19Cl2N3O2/c26-20-11-5-2-8-17(20)15-28-30-25(32)29-24(19-10-4-6-12-21(19)27)23-18-9-3-1-7-16(18)13-14-22(23)31/h1-15,24,31H,(H2,29,30,32)/b28-15+. The first-order valence-corrected chi connectivity index (χ1v) is 10.6. The van der Waals surface area contributed by atoms with E-state index in [0.29, 0.717) is 26.7 Å². The number of hydrogen-bond acceptors (Lipinski definition) is 3. The van der Waals surface area contributed by atoms with Gasteiger partial charge in [-0.2, -0.15) is 5.10 Å². The maximum absolute atomic E-state index is 12.7. The molecule has 4 aromatic rings. The molecule has 0 saturated carbocycles. The Hall–Kier alpha value is -3.54. The summed E-state index contributed by atoms with van der Waals surface area (Å²) in [4.78, 5) is 12.7. The van der Waals surface area contributed by atoms with Gasteiger partial charge in [-0.05, 0) is 34.5 Å². The van der Waals surface area contributed by atoms with Crippen molar-refractivity contribution in [2.75, 3.05) is 0 Å². The average molecular weight is 464 g/mol. The van der Waals surface area contributed by atoms with E-state index in [0.717, 1.165) is 10.8 Å². The van der Waals surface area contributed by atoms with E-state index in [9.17, 15) is 9.90 Å².